The lowest BCUT2D eigenvalue weighted by molar-refractivity contribution is -0.144. The van der Waals surface area contributed by atoms with Gasteiger partial charge in [-0.1, -0.05) is 42.6 Å². The third-order valence-corrected chi connectivity index (χ3v) is 7.30. The third-order valence-electron chi connectivity index (χ3n) is 6.13. The Morgan fingerprint density at radius 3 is 2.62 bits per heavy atom. The average molecular weight is 474 g/mol. The van der Waals surface area contributed by atoms with Crippen LogP contribution in [0.4, 0.5) is 0 Å². The van der Waals surface area contributed by atoms with Gasteiger partial charge in [-0.3, -0.25) is 9.59 Å². The topological polar surface area (TPSA) is 62.2 Å². The molecule has 0 N–H and O–H groups in total. The third kappa shape index (κ3) is 5.22. The minimum absolute atomic E-state index is 0.00397. The number of halogens is 1. The summed E-state index contributed by atoms with van der Waals surface area (Å²) >= 11 is 7.69. The molecule has 6 nitrogen and oxygen atoms in total. The van der Waals surface area contributed by atoms with Gasteiger partial charge in [-0.2, -0.15) is 5.10 Å². The molecular weight excluding hydrogens is 446 g/mol. The number of hydrogen-bond acceptors (Lipinski definition) is 5. The van der Waals surface area contributed by atoms with Crippen molar-refractivity contribution in [3.05, 3.63) is 57.2 Å². The van der Waals surface area contributed by atoms with Crippen molar-refractivity contribution in [3.8, 4) is 0 Å². The van der Waals surface area contributed by atoms with E-state index in [0.717, 1.165) is 41.8 Å². The maximum Gasteiger partial charge on any atom is 0.262 e. The summed E-state index contributed by atoms with van der Waals surface area (Å²) in [5.41, 5.74) is 1.86. The van der Waals surface area contributed by atoms with E-state index >= 15 is 0 Å². The van der Waals surface area contributed by atoms with Gasteiger partial charge in [0.25, 0.3) is 5.91 Å². The zero-order valence-electron chi connectivity index (χ0n) is 18.2. The Morgan fingerprint density at radius 1 is 1.22 bits per heavy atom. The summed E-state index contributed by atoms with van der Waals surface area (Å²) in [6.45, 7) is 0.804. The van der Waals surface area contributed by atoms with E-state index in [4.69, 9.17) is 21.4 Å². The van der Waals surface area contributed by atoms with Crippen LogP contribution < -0.4 is 0 Å². The van der Waals surface area contributed by atoms with Crippen molar-refractivity contribution in [2.24, 2.45) is 11.0 Å². The lowest BCUT2D eigenvalue weighted by atomic mass is 10.0. The summed E-state index contributed by atoms with van der Waals surface area (Å²) in [5, 5.41) is 8.92. The molecule has 2 aromatic rings. The van der Waals surface area contributed by atoms with Crippen molar-refractivity contribution < 1.29 is 14.3 Å². The van der Waals surface area contributed by atoms with Gasteiger partial charge in [-0.15, -0.1) is 11.3 Å². The Hall–Kier alpha value is -2.22. The van der Waals surface area contributed by atoms with Crippen LogP contribution in [-0.4, -0.2) is 54.2 Å². The van der Waals surface area contributed by atoms with Crippen LogP contribution in [0.3, 0.4) is 0 Å². The SMILES string of the molecule is COCCN(CC(=O)N1N=C(c2cccs2)CC1c1ccc(Cl)cc1)C(=O)C1CCCC1. The number of ether oxygens (including phenoxy) is 1. The highest BCUT2D eigenvalue weighted by molar-refractivity contribution is 7.12. The molecule has 1 atom stereocenters. The van der Waals surface area contributed by atoms with E-state index in [1.165, 1.54) is 0 Å². The first-order chi connectivity index (χ1) is 15.6. The number of benzene rings is 1. The molecule has 2 heterocycles. The van der Waals surface area contributed by atoms with Crippen molar-refractivity contribution >= 4 is 40.5 Å². The zero-order valence-corrected chi connectivity index (χ0v) is 19.8. The summed E-state index contributed by atoms with van der Waals surface area (Å²) in [5.74, 6) is -0.118. The van der Waals surface area contributed by atoms with Crippen LogP contribution in [0.15, 0.2) is 46.9 Å². The van der Waals surface area contributed by atoms with Crippen molar-refractivity contribution in [1.82, 2.24) is 9.91 Å². The number of amides is 2. The largest absolute Gasteiger partial charge is 0.383 e. The molecule has 1 aromatic carbocycles. The first-order valence-corrected chi connectivity index (χ1v) is 12.3. The van der Waals surface area contributed by atoms with Gasteiger partial charge in [0, 0.05) is 31.0 Å². The van der Waals surface area contributed by atoms with Gasteiger partial charge in [0.1, 0.15) is 6.54 Å². The van der Waals surface area contributed by atoms with E-state index in [-0.39, 0.29) is 30.3 Å². The molecule has 2 aliphatic rings. The van der Waals surface area contributed by atoms with Crippen LogP contribution in [0, 0.1) is 5.92 Å². The normalized spacial score (nSPS) is 18.8. The molecule has 1 unspecified atom stereocenters. The summed E-state index contributed by atoms with van der Waals surface area (Å²) in [4.78, 5) is 29.3. The van der Waals surface area contributed by atoms with Crippen molar-refractivity contribution in [1.29, 1.82) is 0 Å². The van der Waals surface area contributed by atoms with Gasteiger partial charge < -0.3 is 9.64 Å². The minimum Gasteiger partial charge on any atom is -0.383 e. The predicted octanol–water partition coefficient (Wildman–Crippen LogP) is 4.74. The van der Waals surface area contributed by atoms with Crippen LogP contribution >= 0.6 is 22.9 Å². The van der Waals surface area contributed by atoms with Crippen LogP contribution in [0.1, 0.15) is 48.6 Å². The molecule has 1 saturated carbocycles. The van der Waals surface area contributed by atoms with Crippen LogP contribution in [-0.2, 0) is 14.3 Å². The molecule has 8 heteroatoms. The van der Waals surface area contributed by atoms with E-state index in [0.29, 0.717) is 24.6 Å². The maximum absolute atomic E-state index is 13.5. The van der Waals surface area contributed by atoms with Crippen LogP contribution in [0.25, 0.3) is 0 Å². The monoisotopic (exact) mass is 473 g/mol. The summed E-state index contributed by atoms with van der Waals surface area (Å²) in [6.07, 6.45) is 4.56. The molecule has 32 heavy (non-hydrogen) atoms. The lowest BCUT2D eigenvalue weighted by Gasteiger charge is -2.28. The van der Waals surface area contributed by atoms with E-state index in [9.17, 15) is 9.59 Å². The van der Waals surface area contributed by atoms with Gasteiger partial charge >= 0.3 is 0 Å². The molecule has 0 radical (unpaired) electrons. The molecule has 0 bridgehead atoms. The molecule has 1 fully saturated rings. The van der Waals surface area contributed by atoms with Gasteiger partial charge in [-0.25, -0.2) is 5.01 Å². The van der Waals surface area contributed by atoms with Gasteiger partial charge in [0.2, 0.25) is 5.91 Å². The summed E-state index contributed by atoms with van der Waals surface area (Å²) < 4.78 is 5.20. The fraction of sp³-hybridized carbons (Fsp3) is 0.458. The van der Waals surface area contributed by atoms with Crippen LogP contribution in [0.5, 0.6) is 0 Å². The van der Waals surface area contributed by atoms with E-state index in [1.807, 2.05) is 41.8 Å². The number of hydrogen-bond donors (Lipinski definition) is 0. The first-order valence-electron chi connectivity index (χ1n) is 11.0. The first kappa shape index (κ1) is 23.0. The Balaban J connectivity index is 1.56. The van der Waals surface area contributed by atoms with Crippen molar-refractivity contribution in [2.75, 3.05) is 26.8 Å². The van der Waals surface area contributed by atoms with Gasteiger partial charge in [0.05, 0.1) is 23.2 Å². The molecule has 0 saturated heterocycles. The second-order valence-corrected chi connectivity index (χ2v) is 9.65. The second-order valence-electron chi connectivity index (χ2n) is 8.27. The van der Waals surface area contributed by atoms with E-state index < -0.39 is 0 Å². The van der Waals surface area contributed by atoms with Crippen molar-refractivity contribution in [3.63, 3.8) is 0 Å². The number of thiophene rings is 1. The molecule has 170 valence electrons. The number of hydrazone groups is 1. The highest BCUT2D eigenvalue weighted by Gasteiger charge is 2.36. The Bertz CT molecular complexity index is 955. The fourth-order valence-corrected chi connectivity index (χ4v) is 5.26. The zero-order chi connectivity index (χ0) is 22.5. The van der Waals surface area contributed by atoms with Gasteiger partial charge in [0.15, 0.2) is 0 Å². The molecule has 1 aliphatic carbocycles. The Morgan fingerprint density at radius 2 is 1.97 bits per heavy atom. The quantitative estimate of drug-likeness (QED) is 0.556. The molecule has 0 spiro atoms. The number of carbonyl (C=O) groups excluding carboxylic acids is 2. The average Bonchev–Trinajstić information content (AvgIpc) is 3.57. The fourth-order valence-electron chi connectivity index (χ4n) is 4.41. The highest BCUT2D eigenvalue weighted by Crippen LogP contribution is 2.34. The molecule has 4 rings (SSSR count). The number of carbonyl (C=O) groups is 2. The molecule has 2 amide bonds. The molecule has 1 aromatic heterocycles. The standard InChI is InChI=1S/C24H28ClN3O3S/c1-31-13-12-27(24(30)18-5-2-3-6-18)16-23(29)28-21(17-8-10-19(25)11-9-17)15-20(26-28)22-7-4-14-32-22/h4,7-11,14,18,21H,2-3,5-6,12-13,15-16H2,1H3. The van der Waals surface area contributed by atoms with E-state index in [2.05, 4.69) is 0 Å². The lowest BCUT2D eigenvalue weighted by Crippen LogP contribution is -2.44. The maximum atomic E-state index is 13.5. The summed E-state index contributed by atoms with van der Waals surface area (Å²) in [6, 6.07) is 11.3. The predicted molar refractivity (Wildman–Crippen MR) is 127 cm³/mol. The van der Waals surface area contributed by atoms with Gasteiger partial charge in [-0.05, 0) is 42.0 Å². The number of nitrogens with zero attached hydrogens (tertiary/aromatic N) is 3. The Kier molecular flexibility index (Phi) is 7.60. The highest BCUT2D eigenvalue weighted by atomic mass is 35.5. The smallest absolute Gasteiger partial charge is 0.262 e. The number of rotatable bonds is 8. The van der Waals surface area contributed by atoms with Crippen molar-refractivity contribution in [2.45, 2.75) is 38.1 Å². The molecular formula is C24H28ClN3O3S. The number of methoxy groups -OCH3 is 1. The Labute approximate surface area is 197 Å². The van der Waals surface area contributed by atoms with E-state index in [1.54, 1.807) is 28.4 Å². The molecule has 1 aliphatic heterocycles. The second kappa shape index (κ2) is 10.6. The summed E-state index contributed by atoms with van der Waals surface area (Å²) in [7, 11) is 1.61. The van der Waals surface area contributed by atoms with Crippen LogP contribution in [0.2, 0.25) is 5.02 Å². The minimum atomic E-state index is -0.220.